The fourth-order valence-electron chi connectivity index (χ4n) is 4.12. The minimum absolute atomic E-state index is 0.0262. The SMILES string of the molecule is CCN(CC)c1ccc(NC(=O)c2ccc(OC)c(S(=O)(=O)N3CCCC[C@@H]3C)c2)cc1. The molecule has 1 atom stereocenters. The number of amides is 1. The van der Waals surface area contributed by atoms with E-state index in [1.165, 1.54) is 17.5 Å². The second-order valence-electron chi connectivity index (χ2n) is 8.00. The summed E-state index contributed by atoms with van der Waals surface area (Å²) in [4.78, 5) is 15.1. The first-order valence-electron chi connectivity index (χ1n) is 11.2. The van der Waals surface area contributed by atoms with Crippen molar-refractivity contribution in [2.75, 3.05) is 37.0 Å². The van der Waals surface area contributed by atoms with Gasteiger partial charge in [-0.1, -0.05) is 6.42 Å². The Bertz CT molecular complexity index is 1030. The monoisotopic (exact) mass is 459 g/mol. The second kappa shape index (κ2) is 10.4. The van der Waals surface area contributed by atoms with E-state index in [1.54, 1.807) is 12.1 Å². The molecule has 0 saturated carbocycles. The predicted molar refractivity (Wildman–Crippen MR) is 128 cm³/mol. The van der Waals surface area contributed by atoms with Crippen LogP contribution in [0, 0.1) is 0 Å². The Balaban J connectivity index is 1.85. The maximum Gasteiger partial charge on any atom is 0.255 e. The van der Waals surface area contributed by atoms with Crippen LogP contribution in [-0.2, 0) is 10.0 Å². The number of carbonyl (C=O) groups is 1. The van der Waals surface area contributed by atoms with Crippen molar-refractivity contribution in [1.29, 1.82) is 0 Å². The zero-order chi connectivity index (χ0) is 23.3. The summed E-state index contributed by atoms with van der Waals surface area (Å²) in [6.07, 6.45) is 2.67. The van der Waals surface area contributed by atoms with Crippen molar-refractivity contribution in [3.63, 3.8) is 0 Å². The van der Waals surface area contributed by atoms with Crippen molar-refractivity contribution >= 4 is 27.3 Å². The molecule has 0 aromatic heterocycles. The summed E-state index contributed by atoms with van der Waals surface area (Å²) < 4.78 is 33.6. The van der Waals surface area contributed by atoms with Crippen molar-refractivity contribution in [2.24, 2.45) is 0 Å². The van der Waals surface area contributed by atoms with E-state index in [2.05, 4.69) is 24.1 Å². The summed E-state index contributed by atoms with van der Waals surface area (Å²) in [5.74, 6) is -0.130. The summed E-state index contributed by atoms with van der Waals surface area (Å²) in [7, 11) is -2.35. The molecule has 1 heterocycles. The number of anilines is 2. The summed E-state index contributed by atoms with van der Waals surface area (Å²) in [6, 6.07) is 12.1. The molecule has 0 bridgehead atoms. The van der Waals surface area contributed by atoms with Crippen LogP contribution in [0.4, 0.5) is 11.4 Å². The first-order chi connectivity index (χ1) is 15.3. The molecule has 0 spiro atoms. The van der Waals surface area contributed by atoms with Gasteiger partial charge in [0.2, 0.25) is 10.0 Å². The molecule has 1 aliphatic heterocycles. The van der Waals surface area contributed by atoms with E-state index in [9.17, 15) is 13.2 Å². The van der Waals surface area contributed by atoms with Gasteiger partial charge < -0.3 is 15.0 Å². The molecule has 1 fully saturated rings. The van der Waals surface area contributed by atoms with Gasteiger partial charge in [-0.05, 0) is 76.1 Å². The maximum absolute atomic E-state index is 13.4. The van der Waals surface area contributed by atoms with Gasteiger partial charge in [-0.25, -0.2) is 8.42 Å². The van der Waals surface area contributed by atoms with Crippen LogP contribution in [0.1, 0.15) is 50.4 Å². The van der Waals surface area contributed by atoms with Gasteiger partial charge in [0.1, 0.15) is 10.6 Å². The predicted octanol–water partition coefficient (Wildman–Crippen LogP) is 4.36. The Labute approximate surface area is 191 Å². The van der Waals surface area contributed by atoms with E-state index in [4.69, 9.17) is 4.74 Å². The molecule has 3 rings (SSSR count). The van der Waals surface area contributed by atoms with Crippen LogP contribution in [0.15, 0.2) is 47.4 Å². The summed E-state index contributed by atoms with van der Waals surface area (Å²) in [6.45, 7) is 8.39. The number of benzene rings is 2. The molecule has 2 aromatic rings. The van der Waals surface area contributed by atoms with Crippen molar-refractivity contribution in [2.45, 2.75) is 51.0 Å². The van der Waals surface area contributed by atoms with Crippen LogP contribution in [0.2, 0.25) is 0 Å². The van der Waals surface area contributed by atoms with Crippen LogP contribution >= 0.6 is 0 Å². The molecule has 174 valence electrons. The highest BCUT2D eigenvalue weighted by Gasteiger charge is 2.33. The molecule has 7 nitrogen and oxygen atoms in total. The Hall–Kier alpha value is -2.58. The Morgan fingerprint density at radius 1 is 1.12 bits per heavy atom. The summed E-state index contributed by atoms with van der Waals surface area (Å²) >= 11 is 0. The third-order valence-electron chi connectivity index (χ3n) is 6.01. The lowest BCUT2D eigenvalue weighted by molar-refractivity contribution is 0.102. The molecule has 1 N–H and O–H groups in total. The quantitative estimate of drug-likeness (QED) is 0.635. The molecule has 0 radical (unpaired) electrons. The standard InChI is InChI=1S/C24H33N3O4S/c1-5-26(6-2)21-13-11-20(12-14-21)25-24(28)19-10-15-22(31-4)23(17-19)32(29,30)27-16-8-7-9-18(27)3/h10-15,17-18H,5-9,16H2,1-4H3,(H,25,28)/t18-/m0/s1. The fraction of sp³-hybridized carbons (Fsp3) is 0.458. The first-order valence-corrected chi connectivity index (χ1v) is 12.6. The topological polar surface area (TPSA) is 79.0 Å². The molecule has 1 saturated heterocycles. The van der Waals surface area contributed by atoms with E-state index >= 15 is 0 Å². The van der Waals surface area contributed by atoms with Crippen LogP contribution < -0.4 is 15.0 Å². The molecule has 32 heavy (non-hydrogen) atoms. The average molecular weight is 460 g/mol. The van der Waals surface area contributed by atoms with Crippen LogP contribution in [-0.4, -0.2) is 51.4 Å². The lowest BCUT2D eigenvalue weighted by atomic mass is 10.1. The fourth-order valence-corrected chi connectivity index (χ4v) is 6.01. The number of hydrogen-bond donors (Lipinski definition) is 1. The third-order valence-corrected chi connectivity index (χ3v) is 8.04. The van der Waals surface area contributed by atoms with Crippen molar-refractivity contribution < 1.29 is 17.9 Å². The molecular weight excluding hydrogens is 426 g/mol. The number of ether oxygens (including phenoxy) is 1. The largest absolute Gasteiger partial charge is 0.495 e. The van der Waals surface area contributed by atoms with E-state index in [-0.39, 0.29) is 28.2 Å². The van der Waals surface area contributed by atoms with Gasteiger partial charge in [0.15, 0.2) is 0 Å². The molecule has 2 aromatic carbocycles. The van der Waals surface area contributed by atoms with Gasteiger partial charge in [0.25, 0.3) is 5.91 Å². The molecule has 1 aliphatic rings. The number of hydrogen-bond acceptors (Lipinski definition) is 5. The van der Waals surface area contributed by atoms with E-state index in [0.717, 1.165) is 38.0 Å². The van der Waals surface area contributed by atoms with E-state index in [1.807, 2.05) is 31.2 Å². The summed E-state index contributed by atoms with van der Waals surface area (Å²) in [5, 5.41) is 2.86. The normalized spacial score (nSPS) is 17.1. The number of nitrogens with zero attached hydrogens (tertiary/aromatic N) is 2. The number of rotatable bonds is 8. The Kier molecular flexibility index (Phi) is 7.79. The highest BCUT2D eigenvalue weighted by Crippen LogP contribution is 2.32. The maximum atomic E-state index is 13.4. The van der Waals surface area contributed by atoms with Gasteiger partial charge in [-0.2, -0.15) is 4.31 Å². The second-order valence-corrected chi connectivity index (χ2v) is 9.86. The number of piperidine rings is 1. The number of sulfonamides is 1. The zero-order valence-corrected chi connectivity index (χ0v) is 20.1. The van der Waals surface area contributed by atoms with E-state index < -0.39 is 10.0 Å². The molecule has 0 unspecified atom stereocenters. The van der Waals surface area contributed by atoms with E-state index in [0.29, 0.717) is 12.2 Å². The van der Waals surface area contributed by atoms with Crippen LogP contribution in [0.5, 0.6) is 5.75 Å². The van der Waals surface area contributed by atoms with Gasteiger partial charge in [-0.15, -0.1) is 0 Å². The van der Waals surface area contributed by atoms with Crippen molar-refractivity contribution in [3.05, 3.63) is 48.0 Å². The zero-order valence-electron chi connectivity index (χ0n) is 19.3. The first kappa shape index (κ1) is 24.1. The molecule has 8 heteroatoms. The van der Waals surface area contributed by atoms with Crippen molar-refractivity contribution in [1.82, 2.24) is 4.31 Å². The average Bonchev–Trinajstić information content (AvgIpc) is 2.80. The minimum Gasteiger partial charge on any atom is -0.495 e. The highest BCUT2D eigenvalue weighted by molar-refractivity contribution is 7.89. The van der Waals surface area contributed by atoms with Gasteiger partial charge >= 0.3 is 0 Å². The number of carbonyl (C=O) groups excluding carboxylic acids is 1. The smallest absolute Gasteiger partial charge is 0.255 e. The van der Waals surface area contributed by atoms with Crippen LogP contribution in [0.3, 0.4) is 0 Å². The van der Waals surface area contributed by atoms with Gasteiger partial charge in [-0.3, -0.25) is 4.79 Å². The summed E-state index contributed by atoms with van der Waals surface area (Å²) in [5.41, 5.74) is 2.00. The molecule has 1 amide bonds. The van der Waals surface area contributed by atoms with Gasteiger partial charge in [0, 0.05) is 42.6 Å². The molecular formula is C24H33N3O4S. The Morgan fingerprint density at radius 2 is 1.81 bits per heavy atom. The highest BCUT2D eigenvalue weighted by atomic mass is 32.2. The third kappa shape index (κ3) is 5.07. The molecule has 0 aliphatic carbocycles. The van der Waals surface area contributed by atoms with Gasteiger partial charge in [0.05, 0.1) is 7.11 Å². The number of nitrogens with one attached hydrogen (secondary N) is 1. The van der Waals surface area contributed by atoms with Crippen molar-refractivity contribution in [3.8, 4) is 5.75 Å². The van der Waals surface area contributed by atoms with Crippen LogP contribution in [0.25, 0.3) is 0 Å². The lowest BCUT2D eigenvalue weighted by Gasteiger charge is -2.32. The lowest BCUT2D eigenvalue weighted by Crippen LogP contribution is -2.42. The number of methoxy groups -OCH3 is 1. The minimum atomic E-state index is -3.78. The Morgan fingerprint density at radius 3 is 2.41 bits per heavy atom.